The fourth-order valence-electron chi connectivity index (χ4n) is 11.0. The van der Waals surface area contributed by atoms with Crippen molar-refractivity contribution in [2.75, 3.05) is 95.7 Å². The first-order valence-corrected chi connectivity index (χ1v) is 31.4. The molecule has 1 atom stereocenters. The van der Waals surface area contributed by atoms with Gasteiger partial charge in [-0.25, -0.2) is 19.2 Å². The number of amides is 5. The molecule has 4 aliphatic heterocycles. The molecule has 7 heterocycles. The van der Waals surface area contributed by atoms with Crippen molar-refractivity contribution in [3.05, 3.63) is 153 Å². The summed E-state index contributed by atoms with van der Waals surface area (Å²) in [5.41, 5.74) is 5.27. The highest BCUT2D eigenvalue weighted by atomic mass is 32.1. The number of piperidine rings is 1. The number of carboxylic acid groups (broad SMARTS) is 1. The lowest BCUT2D eigenvalue weighted by Crippen LogP contribution is -2.51. The van der Waals surface area contributed by atoms with Crippen LogP contribution in [0.4, 0.5) is 14.7 Å². The van der Waals surface area contributed by atoms with Gasteiger partial charge < -0.3 is 43.9 Å². The van der Waals surface area contributed by atoms with Crippen LogP contribution in [0.2, 0.25) is 0 Å². The normalized spacial score (nSPS) is 15.8. The number of rotatable bonds is 27. The highest BCUT2D eigenvalue weighted by Gasteiger charge is 2.45. The lowest BCUT2D eigenvalue weighted by atomic mass is 9.94. The number of carboxylic acids is 1. The number of nitrogens with one attached hydrogen (secondary N) is 2. The van der Waals surface area contributed by atoms with Gasteiger partial charge in [0.05, 0.1) is 80.3 Å². The summed E-state index contributed by atoms with van der Waals surface area (Å²) in [7, 11) is 0. The third-order valence-corrected chi connectivity index (χ3v) is 17.7. The Balaban J connectivity index is 0.524. The van der Waals surface area contributed by atoms with Gasteiger partial charge in [-0.05, 0) is 98.2 Å². The van der Waals surface area contributed by atoms with Gasteiger partial charge in [0.2, 0.25) is 11.8 Å². The minimum Gasteiger partial charge on any atom is -0.491 e. The molecule has 0 bridgehead atoms. The third-order valence-electron chi connectivity index (χ3n) is 15.6. The number of carbonyl (C=O) groups is 6. The van der Waals surface area contributed by atoms with Crippen LogP contribution in [0.5, 0.6) is 11.5 Å². The van der Waals surface area contributed by atoms with E-state index in [4.69, 9.17) is 23.7 Å². The maximum atomic E-state index is 15.2. The Kier molecular flexibility index (Phi) is 20.6. The molecule has 0 saturated carbocycles. The number of imide groups is 1. The number of benzene rings is 4. The molecule has 2 fully saturated rings. The predicted octanol–water partition coefficient (Wildman–Crippen LogP) is 7.00. The second-order valence-corrected chi connectivity index (χ2v) is 23.8. The van der Waals surface area contributed by atoms with Crippen LogP contribution < -0.4 is 25.0 Å². The molecule has 23 nitrogen and oxygen atoms in total. The molecule has 5 amide bonds. The second-order valence-electron chi connectivity index (χ2n) is 21.7. The molecule has 90 heavy (non-hydrogen) atoms. The van der Waals surface area contributed by atoms with Gasteiger partial charge in [-0.3, -0.25) is 43.8 Å². The van der Waals surface area contributed by atoms with E-state index in [9.17, 15) is 33.9 Å². The summed E-state index contributed by atoms with van der Waals surface area (Å²) in [4.78, 5) is 94.7. The van der Waals surface area contributed by atoms with Gasteiger partial charge in [0, 0.05) is 73.9 Å². The first kappa shape index (κ1) is 62.6. The molecular weight excluding hydrogens is 1200 g/mol. The number of hydrogen-bond donors (Lipinski definition) is 3. The average Bonchev–Trinajstić information content (AvgIpc) is 1.87. The number of ether oxygens (including phenoxy) is 5. The number of aromatic carboxylic acids is 1. The van der Waals surface area contributed by atoms with E-state index in [0.29, 0.717) is 161 Å². The molecule has 3 aromatic heterocycles. The number of hydrogen-bond acceptors (Lipinski definition) is 19. The molecule has 0 radical (unpaired) electrons. The van der Waals surface area contributed by atoms with Gasteiger partial charge in [-0.2, -0.15) is 0 Å². The molecule has 0 spiro atoms. The Labute approximate surface area is 525 Å². The van der Waals surface area contributed by atoms with E-state index in [1.54, 1.807) is 47.3 Å². The van der Waals surface area contributed by atoms with E-state index >= 15 is 4.39 Å². The van der Waals surface area contributed by atoms with E-state index in [-0.39, 0.29) is 66.6 Å². The van der Waals surface area contributed by atoms with E-state index in [1.807, 2.05) is 46.2 Å². The van der Waals surface area contributed by atoms with Crippen LogP contribution in [0, 0.1) is 17.7 Å². The van der Waals surface area contributed by atoms with Crippen molar-refractivity contribution in [1.82, 2.24) is 45.0 Å². The number of aryl methyl sites for hydroxylation is 2. The van der Waals surface area contributed by atoms with E-state index in [2.05, 4.69) is 54.2 Å². The molecule has 11 rings (SSSR count). The Morgan fingerprint density at radius 2 is 1.61 bits per heavy atom. The Morgan fingerprint density at radius 3 is 2.41 bits per heavy atom. The smallest absolute Gasteiger partial charge is 0.355 e. The zero-order valence-electron chi connectivity index (χ0n) is 49.3. The maximum absolute atomic E-state index is 15.2. The van der Waals surface area contributed by atoms with Gasteiger partial charge in [-0.1, -0.05) is 65.3 Å². The first-order valence-electron chi connectivity index (χ1n) is 29.7. The number of para-hydroxylation sites is 1. The van der Waals surface area contributed by atoms with Gasteiger partial charge in [-0.15, -0.1) is 16.4 Å². The highest BCUT2D eigenvalue weighted by molar-refractivity contribution is 7.22. The maximum Gasteiger partial charge on any atom is 0.355 e. The molecule has 2 saturated heterocycles. The van der Waals surface area contributed by atoms with Crippen molar-refractivity contribution in [3.8, 4) is 23.3 Å². The molecule has 4 aromatic carbocycles. The van der Waals surface area contributed by atoms with Crippen molar-refractivity contribution in [2.24, 2.45) is 0 Å². The zero-order valence-corrected chi connectivity index (χ0v) is 50.9. The summed E-state index contributed by atoms with van der Waals surface area (Å²) in [5, 5.41) is 25.1. The van der Waals surface area contributed by atoms with Crippen LogP contribution in [0.15, 0.2) is 97.3 Å². The summed E-state index contributed by atoms with van der Waals surface area (Å²) in [6.45, 7) is 10.3. The van der Waals surface area contributed by atoms with Gasteiger partial charge in [0.15, 0.2) is 27.5 Å². The highest BCUT2D eigenvalue weighted by Crippen LogP contribution is 2.36. The molecule has 468 valence electrons. The van der Waals surface area contributed by atoms with Crippen LogP contribution >= 0.6 is 22.7 Å². The molecule has 1 unspecified atom stereocenters. The minimum absolute atomic E-state index is 0.0293. The van der Waals surface area contributed by atoms with E-state index < -0.39 is 35.5 Å². The molecule has 26 heteroatoms. The number of thiazole rings is 2. The monoisotopic (exact) mass is 1260 g/mol. The lowest BCUT2D eigenvalue weighted by molar-refractivity contribution is -0.133. The molecule has 7 aromatic rings. The summed E-state index contributed by atoms with van der Waals surface area (Å²) >= 11 is 2.71. The minimum atomic E-state index is -1.13. The second kappa shape index (κ2) is 29.6. The third kappa shape index (κ3) is 15.4. The van der Waals surface area contributed by atoms with Crippen molar-refractivity contribution < 1.29 is 61.9 Å². The summed E-state index contributed by atoms with van der Waals surface area (Å²) in [6.07, 6.45) is 4.99. The molecule has 3 N–H and O–H groups in total. The van der Waals surface area contributed by atoms with Crippen LogP contribution in [0.1, 0.15) is 101 Å². The van der Waals surface area contributed by atoms with Gasteiger partial charge in [0.1, 0.15) is 24.1 Å². The fourth-order valence-corrected chi connectivity index (χ4v) is 12.9. The van der Waals surface area contributed by atoms with Crippen LogP contribution in [0.25, 0.3) is 10.2 Å². The Morgan fingerprint density at radius 1 is 0.822 bits per heavy atom. The topological polar surface area (TPSA) is 262 Å². The summed E-state index contributed by atoms with van der Waals surface area (Å²) in [6, 6.07) is 21.8. The van der Waals surface area contributed by atoms with Crippen LogP contribution in [-0.2, 0) is 56.3 Å². The largest absolute Gasteiger partial charge is 0.491 e. The Bertz CT molecular complexity index is 3860. The van der Waals surface area contributed by atoms with Crippen molar-refractivity contribution >= 4 is 78.7 Å². The number of aromatic nitrogens is 5. The summed E-state index contributed by atoms with van der Waals surface area (Å²) < 4.78 is 46.4. The van der Waals surface area contributed by atoms with Crippen molar-refractivity contribution in [1.29, 1.82) is 0 Å². The molecular formula is C64H66FN11O12S2. The number of piperazine rings is 1. The van der Waals surface area contributed by atoms with E-state index in [1.165, 1.54) is 28.7 Å². The van der Waals surface area contributed by atoms with Crippen LogP contribution in [0.3, 0.4) is 0 Å². The van der Waals surface area contributed by atoms with Crippen molar-refractivity contribution in [2.45, 2.75) is 70.7 Å². The van der Waals surface area contributed by atoms with Gasteiger partial charge in [0.25, 0.3) is 17.7 Å². The zero-order chi connectivity index (χ0) is 62.5. The molecule has 4 aliphatic rings. The number of allylic oxidation sites excluding steroid dienone is 1. The van der Waals surface area contributed by atoms with Gasteiger partial charge >= 0.3 is 5.97 Å². The van der Waals surface area contributed by atoms with Crippen LogP contribution in [-0.4, -0.2) is 172 Å². The average molecular weight is 1260 g/mol. The Hall–Kier alpha value is -8.97. The number of anilines is 2. The number of fused-ring (bicyclic) bond motifs is 3. The fraction of sp³-hybridized carbons (Fsp3) is 0.375. The SMILES string of the molecule is C=C1CCC(N2C(=O)c3cccc(OCCOCCOCCOCc4cn(CCCC(=O)N5CCN(CC#Cc6ccc(OCCCc7sc(N8CCc9cccc(C(=O)Nc%10nc%11ccccc%11s%10)c9C8)nc7C(=O)O)c(F)c6)CC5)nn4)c3C2=O)C(=O)N1. The number of nitrogens with zero attached hydrogens (tertiary/aromatic N) is 9. The first-order chi connectivity index (χ1) is 43.8. The lowest BCUT2D eigenvalue weighted by Gasteiger charge is -2.33. The quantitative estimate of drug-likeness (QED) is 0.0266. The standard InChI is InChI=1S/C64H66FN11O12S2/c1-41-18-20-50(59(79)66-41)76-60(80)46-12-5-14-52(56(46)61(76)81)88-36-35-85-32-31-84-33-34-86-40-44-38-75(71-70-44)24-7-17-55(77)73-28-26-72(27-29-73)23-6-9-42-19-21-51(48(65)37-42)87-30-8-16-54-57(62(82)83)68-64(90-54)74-25-22-43-10-4-11-45(47(43)39-74)58(78)69-63-67-49-13-2-3-15-53(49)89-63/h2-5,10-15,19,21,37-38,50H,1,7-8,16-18,20,22-36,39-40H2,(H,66,79)(H,82,83)(H,67,69,78). The number of carbonyl (C=O) groups excluding carboxylic acids is 5. The predicted molar refractivity (Wildman–Crippen MR) is 331 cm³/mol. The molecule has 0 aliphatic carbocycles. The van der Waals surface area contributed by atoms with Crippen molar-refractivity contribution in [3.63, 3.8) is 0 Å². The number of halogens is 1. The summed E-state index contributed by atoms with van der Waals surface area (Å²) in [5.74, 6) is 3.09. The van der Waals surface area contributed by atoms with E-state index in [0.717, 1.165) is 26.2 Å².